The highest BCUT2D eigenvalue weighted by atomic mass is 16.4. The van der Waals surface area contributed by atoms with Crippen molar-refractivity contribution >= 4 is 28.6 Å². The molecule has 0 radical (unpaired) electrons. The number of para-hydroxylation sites is 3. The van der Waals surface area contributed by atoms with E-state index < -0.39 is 5.97 Å². The van der Waals surface area contributed by atoms with Gasteiger partial charge in [0.05, 0.1) is 29.7 Å². The first-order valence-corrected chi connectivity index (χ1v) is 10.4. The van der Waals surface area contributed by atoms with Gasteiger partial charge in [-0.25, -0.2) is 4.99 Å². The van der Waals surface area contributed by atoms with Crippen LogP contribution in [0.4, 0.5) is 5.69 Å². The number of aromatic nitrogens is 2. The van der Waals surface area contributed by atoms with E-state index in [4.69, 9.17) is 10.1 Å². The zero-order chi connectivity index (χ0) is 22.5. The van der Waals surface area contributed by atoms with Gasteiger partial charge in [-0.15, -0.1) is 0 Å². The van der Waals surface area contributed by atoms with Crippen LogP contribution in [0.25, 0.3) is 11.0 Å². The molecule has 4 rings (SSSR count). The lowest BCUT2D eigenvalue weighted by Crippen LogP contribution is -2.26. The first-order valence-electron chi connectivity index (χ1n) is 10.4. The van der Waals surface area contributed by atoms with Crippen molar-refractivity contribution in [2.24, 2.45) is 12.0 Å². The molecule has 2 N–H and O–H groups in total. The molecular formula is C25H24N4O3. The van der Waals surface area contributed by atoms with E-state index in [9.17, 15) is 9.59 Å². The van der Waals surface area contributed by atoms with Gasteiger partial charge in [0, 0.05) is 19.2 Å². The summed E-state index contributed by atoms with van der Waals surface area (Å²) in [5.74, 6) is -1.22. The van der Waals surface area contributed by atoms with E-state index in [1.807, 2.05) is 61.6 Å². The molecule has 7 heteroatoms. The van der Waals surface area contributed by atoms with E-state index in [0.29, 0.717) is 12.1 Å². The van der Waals surface area contributed by atoms with Crippen LogP contribution in [-0.2, 0) is 18.4 Å². The van der Waals surface area contributed by atoms with Crippen LogP contribution in [0.3, 0.4) is 0 Å². The number of carbonyl (C=O) groups excluding carboxylic acids is 1. The molecule has 1 heterocycles. The van der Waals surface area contributed by atoms with Gasteiger partial charge in [-0.3, -0.25) is 9.59 Å². The predicted molar refractivity (Wildman–Crippen MR) is 123 cm³/mol. The Morgan fingerprint density at radius 2 is 1.56 bits per heavy atom. The molecule has 0 atom stereocenters. The van der Waals surface area contributed by atoms with E-state index >= 15 is 0 Å². The molecule has 0 spiro atoms. The lowest BCUT2D eigenvalue weighted by Gasteiger charge is -2.08. The maximum atomic E-state index is 12.2. The number of carboxylic acid groups (broad SMARTS) is 1. The summed E-state index contributed by atoms with van der Waals surface area (Å²) in [7, 11) is 2.01. The minimum absolute atomic E-state index is 0.102. The van der Waals surface area contributed by atoms with Gasteiger partial charge in [-0.05, 0) is 42.0 Å². The average molecular weight is 428 g/mol. The maximum Gasteiger partial charge on any atom is 0.305 e. The fourth-order valence-corrected chi connectivity index (χ4v) is 3.61. The summed E-state index contributed by atoms with van der Waals surface area (Å²) < 4.78 is 4.23. The quantitative estimate of drug-likeness (QED) is 0.472. The summed E-state index contributed by atoms with van der Waals surface area (Å²) in [6.07, 6.45) is -0.102. The number of nitrogens with zero attached hydrogens (tertiary/aromatic N) is 3. The fraction of sp³-hybridized carbons (Fsp3) is 0.160. The second-order valence-corrected chi connectivity index (χ2v) is 7.48. The van der Waals surface area contributed by atoms with E-state index in [2.05, 4.69) is 26.6 Å². The van der Waals surface area contributed by atoms with Crippen molar-refractivity contribution in [1.29, 1.82) is 0 Å². The van der Waals surface area contributed by atoms with Gasteiger partial charge in [0.2, 0.25) is 5.62 Å². The third-order valence-electron chi connectivity index (χ3n) is 5.24. The third kappa shape index (κ3) is 4.62. The average Bonchev–Trinajstić information content (AvgIpc) is 3.06. The Labute approximate surface area is 185 Å². The van der Waals surface area contributed by atoms with Crippen molar-refractivity contribution < 1.29 is 14.7 Å². The van der Waals surface area contributed by atoms with Crippen LogP contribution in [0.2, 0.25) is 0 Å². The molecule has 0 aliphatic carbocycles. The number of nitrogens with one attached hydrogen (secondary N) is 1. The number of amides is 1. The number of aryl methyl sites for hydroxylation is 1. The molecular weight excluding hydrogens is 404 g/mol. The molecule has 0 unspecified atom stereocenters. The number of aliphatic carboxylic acids is 1. The summed E-state index contributed by atoms with van der Waals surface area (Å²) in [4.78, 5) is 27.7. The number of hydrogen-bond donors (Lipinski definition) is 2. The molecule has 0 aliphatic rings. The SMILES string of the molecule is Cn1c(=Nc2ccccc2)n(Cc2ccc(C(=O)NCCC(=O)O)cc2)c2ccccc21. The number of benzene rings is 3. The zero-order valence-corrected chi connectivity index (χ0v) is 17.7. The van der Waals surface area contributed by atoms with Crippen molar-refractivity contribution in [3.8, 4) is 0 Å². The Morgan fingerprint density at radius 3 is 2.25 bits per heavy atom. The molecule has 0 fully saturated rings. The minimum atomic E-state index is -0.940. The Balaban J connectivity index is 1.65. The molecule has 0 aliphatic heterocycles. The second-order valence-electron chi connectivity index (χ2n) is 7.48. The summed E-state index contributed by atoms with van der Waals surface area (Å²) in [6, 6.07) is 25.3. The smallest absolute Gasteiger partial charge is 0.305 e. The van der Waals surface area contributed by atoms with Gasteiger partial charge in [-0.2, -0.15) is 0 Å². The normalized spacial score (nSPS) is 11.6. The number of rotatable bonds is 7. The zero-order valence-electron chi connectivity index (χ0n) is 17.7. The van der Waals surface area contributed by atoms with Crippen molar-refractivity contribution in [2.45, 2.75) is 13.0 Å². The number of carbonyl (C=O) groups is 2. The van der Waals surface area contributed by atoms with Gasteiger partial charge in [-0.1, -0.05) is 42.5 Å². The molecule has 32 heavy (non-hydrogen) atoms. The topological polar surface area (TPSA) is 88.6 Å². The van der Waals surface area contributed by atoms with Gasteiger partial charge in [0.15, 0.2) is 0 Å². The van der Waals surface area contributed by atoms with Gasteiger partial charge in [0.1, 0.15) is 0 Å². The molecule has 4 aromatic rings. The molecule has 0 saturated heterocycles. The molecule has 7 nitrogen and oxygen atoms in total. The van der Waals surface area contributed by atoms with Crippen molar-refractivity contribution in [2.75, 3.05) is 6.54 Å². The first-order chi connectivity index (χ1) is 15.5. The van der Waals surface area contributed by atoms with Crippen LogP contribution >= 0.6 is 0 Å². The summed E-state index contributed by atoms with van der Waals surface area (Å²) in [5, 5.41) is 11.3. The maximum absolute atomic E-state index is 12.2. The Kier molecular flexibility index (Phi) is 6.17. The fourth-order valence-electron chi connectivity index (χ4n) is 3.61. The highest BCUT2D eigenvalue weighted by molar-refractivity contribution is 5.94. The Morgan fingerprint density at radius 1 is 0.906 bits per heavy atom. The molecule has 1 amide bonds. The summed E-state index contributed by atoms with van der Waals surface area (Å²) in [6.45, 7) is 0.695. The number of hydrogen-bond acceptors (Lipinski definition) is 3. The molecule has 3 aromatic carbocycles. The number of fused-ring (bicyclic) bond motifs is 1. The monoisotopic (exact) mass is 428 g/mol. The van der Waals surface area contributed by atoms with Crippen LogP contribution in [-0.4, -0.2) is 32.7 Å². The highest BCUT2D eigenvalue weighted by Crippen LogP contribution is 2.16. The van der Waals surface area contributed by atoms with Gasteiger partial charge >= 0.3 is 5.97 Å². The van der Waals surface area contributed by atoms with E-state index in [-0.39, 0.29) is 18.9 Å². The number of carboxylic acids is 1. The Hall–Kier alpha value is -4.13. The van der Waals surface area contributed by atoms with Crippen LogP contribution in [0.15, 0.2) is 83.9 Å². The van der Waals surface area contributed by atoms with Crippen LogP contribution in [0, 0.1) is 0 Å². The van der Waals surface area contributed by atoms with Crippen molar-refractivity contribution in [1.82, 2.24) is 14.5 Å². The van der Waals surface area contributed by atoms with Crippen LogP contribution in [0.5, 0.6) is 0 Å². The highest BCUT2D eigenvalue weighted by Gasteiger charge is 2.11. The van der Waals surface area contributed by atoms with E-state index in [1.165, 1.54) is 0 Å². The number of imidazole rings is 1. The standard InChI is InChI=1S/C25H24N4O3/c1-28-21-9-5-6-10-22(21)29(25(28)27-20-7-3-2-4-8-20)17-18-11-13-19(14-12-18)24(32)26-16-15-23(30)31/h2-14H,15-17H2,1H3,(H,26,32)(H,30,31). The lowest BCUT2D eigenvalue weighted by molar-refractivity contribution is -0.136. The van der Waals surface area contributed by atoms with Crippen LogP contribution in [0.1, 0.15) is 22.3 Å². The van der Waals surface area contributed by atoms with Gasteiger partial charge < -0.3 is 19.6 Å². The van der Waals surface area contributed by atoms with Crippen LogP contribution < -0.4 is 10.9 Å². The van der Waals surface area contributed by atoms with Crippen molar-refractivity contribution in [3.63, 3.8) is 0 Å². The molecule has 0 bridgehead atoms. The van der Waals surface area contributed by atoms with E-state index in [1.54, 1.807) is 12.1 Å². The molecule has 162 valence electrons. The van der Waals surface area contributed by atoms with Crippen molar-refractivity contribution in [3.05, 3.63) is 95.6 Å². The minimum Gasteiger partial charge on any atom is -0.481 e. The van der Waals surface area contributed by atoms with Gasteiger partial charge in [0.25, 0.3) is 5.91 Å². The predicted octanol–water partition coefficient (Wildman–Crippen LogP) is 3.47. The lowest BCUT2D eigenvalue weighted by atomic mass is 10.1. The molecule has 1 aromatic heterocycles. The second kappa shape index (κ2) is 9.34. The Bertz CT molecular complexity index is 1320. The molecule has 0 saturated carbocycles. The summed E-state index contributed by atoms with van der Waals surface area (Å²) >= 11 is 0. The first kappa shape index (κ1) is 21.1. The third-order valence-corrected chi connectivity index (χ3v) is 5.24. The summed E-state index contributed by atoms with van der Waals surface area (Å²) in [5.41, 5.74) is 5.37. The largest absolute Gasteiger partial charge is 0.481 e. The van der Waals surface area contributed by atoms with E-state index in [0.717, 1.165) is 27.9 Å².